The second-order valence-corrected chi connectivity index (χ2v) is 10.5. The van der Waals surface area contributed by atoms with Crippen molar-refractivity contribution in [2.75, 3.05) is 0 Å². The second-order valence-electron chi connectivity index (χ2n) is 10.5. The van der Waals surface area contributed by atoms with Crippen LogP contribution < -0.4 is 0 Å². The van der Waals surface area contributed by atoms with Crippen molar-refractivity contribution in [1.29, 1.82) is 0 Å². The molecule has 45 heavy (non-hydrogen) atoms. The summed E-state index contributed by atoms with van der Waals surface area (Å²) in [7, 11) is 0. The van der Waals surface area contributed by atoms with Crippen LogP contribution >= 0.6 is 0 Å². The van der Waals surface area contributed by atoms with Gasteiger partial charge in [-0.05, 0) is 84.2 Å². The Morgan fingerprint density at radius 3 is 1.64 bits per heavy atom. The van der Waals surface area contributed by atoms with Crippen molar-refractivity contribution < 1.29 is 25.0 Å². The van der Waals surface area contributed by atoms with Crippen LogP contribution in [-0.2, 0) is 0 Å². The Bertz CT molecular complexity index is 3290. The van der Waals surface area contributed by atoms with E-state index in [2.05, 4.69) is 0 Å². The molecule has 0 aliphatic heterocycles. The lowest BCUT2D eigenvalue weighted by molar-refractivity contribution is 0.669. The van der Waals surface area contributed by atoms with Crippen LogP contribution in [0.4, 0.5) is 0 Å². The Morgan fingerprint density at radius 2 is 0.956 bits per heavy atom. The zero-order valence-electron chi connectivity index (χ0n) is 38.4. The standard InChI is InChI=1S/C44H28O/c1-3-14-29(15-4-1)31-26-27-38-41(28-31)45-40-25-13-24-39(44(38)40)43-36-22-11-9-20-34(36)42(35-21-10-12-23-37(35)43)33-19-8-7-18-32(33)30-16-5-2-6-17-30/h1-28H/i1D,3D,4D,7D,8D,13D,14D,15D,18D,19D,24D,25D,26D,27D,28D. The maximum absolute atomic E-state index is 9.46. The fourth-order valence-corrected chi connectivity index (χ4v) is 6.12. The molecular weight excluding hydrogens is 544 g/mol. The molecule has 0 saturated heterocycles. The van der Waals surface area contributed by atoms with Crippen LogP contribution in [0.3, 0.4) is 0 Å². The zero-order chi connectivity index (χ0) is 42.8. The highest BCUT2D eigenvalue weighted by molar-refractivity contribution is 6.26. The summed E-state index contributed by atoms with van der Waals surface area (Å²) >= 11 is 0. The van der Waals surface area contributed by atoms with E-state index in [4.69, 9.17) is 19.5 Å². The Kier molecular flexibility index (Phi) is 3.39. The molecule has 0 amide bonds. The van der Waals surface area contributed by atoms with Gasteiger partial charge in [0, 0.05) is 10.8 Å². The summed E-state index contributed by atoms with van der Waals surface area (Å²) in [4.78, 5) is 0. The molecule has 1 nitrogen and oxygen atoms in total. The molecule has 1 heterocycles. The number of hydrogen-bond donors (Lipinski definition) is 0. The van der Waals surface area contributed by atoms with Gasteiger partial charge in [-0.15, -0.1) is 0 Å². The summed E-state index contributed by atoms with van der Waals surface area (Å²) in [6, 6.07) is 15.0. The normalized spacial score (nSPS) is 16.2. The zero-order valence-corrected chi connectivity index (χ0v) is 23.4. The molecule has 0 saturated carbocycles. The molecule has 210 valence electrons. The van der Waals surface area contributed by atoms with Crippen LogP contribution in [-0.4, -0.2) is 0 Å². The third-order valence-electron chi connectivity index (χ3n) is 8.00. The Balaban J connectivity index is 1.48. The van der Waals surface area contributed by atoms with Crippen molar-refractivity contribution in [1.82, 2.24) is 0 Å². The van der Waals surface area contributed by atoms with Crippen LogP contribution in [0.25, 0.3) is 88.0 Å². The number of benzene rings is 8. The highest BCUT2D eigenvalue weighted by Gasteiger charge is 2.21. The Labute approximate surface area is 282 Å². The first-order chi connectivity index (χ1) is 28.6. The first-order valence-corrected chi connectivity index (χ1v) is 14.2. The fourth-order valence-electron chi connectivity index (χ4n) is 6.12. The van der Waals surface area contributed by atoms with Gasteiger partial charge in [0.05, 0.1) is 20.6 Å². The van der Waals surface area contributed by atoms with Crippen molar-refractivity contribution in [3.8, 4) is 44.5 Å². The van der Waals surface area contributed by atoms with Crippen molar-refractivity contribution in [3.63, 3.8) is 0 Å². The molecule has 9 rings (SSSR count). The maximum atomic E-state index is 9.46. The monoisotopic (exact) mass is 587 g/mol. The van der Waals surface area contributed by atoms with Gasteiger partial charge in [0.1, 0.15) is 11.2 Å². The summed E-state index contributed by atoms with van der Waals surface area (Å²) in [6.45, 7) is 0. The van der Waals surface area contributed by atoms with Gasteiger partial charge in [-0.25, -0.2) is 0 Å². The SMILES string of the molecule is [2H]c1c([2H])c([2H])c(-c2c([2H])c([2H])c3c(oc4c([2H])c([2H])c([2H])c(-c5c6ccccc6c(-c6c([2H])c([2H])c([2H])c([2H])c6-c6ccccc6)c6ccccc56)c43)c2[2H])c([2H])c1[2H]. The van der Waals surface area contributed by atoms with E-state index in [9.17, 15) is 5.48 Å². The second kappa shape index (κ2) is 10.4. The summed E-state index contributed by atoms with van der Waals surface area (Å²) in [6.07, 6.45) is 0. The molecule has 8 aromatic carbocycles. The number of fused-ring (bicyclic) bond motifs is 5. The number of rotatable bonds is 4. The minimum Gasteiger partial charge on any atom is -0.456 e. The van der Waals surface area contributed by atoms with Gasteiger partial charge < -0.3 is 4.42 Å². The smallest absolute Gasteiger partial charge is 0.136 e. The Morgan fingerprint density at radius 1 is 0.378 bits per heavy atom. The molecule has 1 aromatic heterocycles. The van der Waals surface area contributed by atoms with E-state index in [1.54, 1.807) is 72.8 Å². The predicted molar refractivity (Wildman–Crippen MR) is 190 cm³/mol. The van der Waals surface area contributed by atoms with Crippen LogP contribution in [0.1, 0.15) is 20.6 Å². The average Bonchev–Trinajstić information content (AvgIpc) is 3.66. The van der Waals surface area contributed by atoms with Gasteiger partial charge in [-0.3, -0.25) is 0 Å². The van der Waals surface area contributed by atoms with E-state index >= 15 is 0 Å². The van der Waals surface area contributed by atoms with Crippen LogP contribution in [0.15, 0.2) is 174 Å². The van der Waals surface area contributed by atoms with Crippen molar-refractivity contribution in [2.24, 2.45) is 0 Å². The van der Waals surface area contributed by atoms with Crippen LogP contribution in [0, 0.1) is 0 Å². The predicted octanol–water partition coefficient (Wildman–Crippen LogP) is 12.6. The van der Waals surface area contributed by atoms with Crippen molar-refractivity contribution >= 4 is 43.5 Å². The molecule has 0 unspecified atom stereocenters. The van der Waals surface area contributed by atoms with Crippen LogP contribution in [0.5, 0.6) is 0 Å². The van der Waals surface area contributed by atoms with E-state index < -0.39 is 89.7 Å². The molecule has 0 aliphatic carbocycles. The van der Waals surface area contributed by atoms with Crippen molar-refractivity contribution in [3.05, 3.63) is 169 Å². The average molecular weight is 588 g/mol. The molecule has 0 spiro atoms. The van der Waals surface area contributed by atoms with Gasteiger partial charge >= 0.3 is 0 Å². The van der Waals surface area contributed by atoms with Gasteiger partial charge in [0.15, 0.2) is 0 Å². The lowest BCUT2D eigenvalue weighted by atomic mass is 9.83. The minimum absolute atomic E-state index is 0.00901. The first kappa shape index (κ1) is 14.7. The highest BCUT2D eigenvalue weighted by Crippen LogP contribution is 2.48. The minimum atomic E-state index is -0.696. The first-order valence-electron chi connectivity index (χ1n) is 21.7. The molecule has 9 aromatic rings. The largest absolute Gasteiger partial charge is 0.456 e. The van der Waals surface area contributed by atoms with E-state index in [-0.39, 0.29) is 50.7 Å². The lowest BCUT2D eigenvalue weighted by Crippen LogP contribution is -1.93. The van der Waals surface area contributed by atoms with Crippen LogP contribution in [0.2, 0.25) is 0 Å². The van der Waals surface area contributed by atoms with E-state index in [1.807, 2.05) is 6.07 Å². The molecule has 1 heteroatoms. The molecule has 0 bridgehead atoms. The van der Waals surface area contributed by atoms with Gasteiger partial charge in [-0.2, -0.15) is 0 Å². The van der Waals surface area contributed by atoms with Gasteiger partial charge in [0.25, 0.3) is 0 Å². The van der Waals surface area contributed by atoms with E-state index in [1.165, 1.54) is 0 Å². The highest BCUT2D eigenvalue weighted by atomic mass is 16.3. The third-order valence-corrected chi connectivity index (χ3v) is 8.00. The lowest BCUT2D eigenvalue weighted by Gasteiger charge is -2.20. The Hall–Kier alpha value is -5.92. The number of hydrogen-bond acceptors (Lipinski definition) is 1. The van der Waals surface area contributed by atoms with Gasteiger partial charge in [0.2, 0.25) is 0 Å². The fraction of sp³-hybridized carbons (Fsp3) is 0. The maximum Gasteiger partial charge on any atom is 0.136 e. The third kappa shape index (κ3) is 4.09. The summed E-state index contributed by atoms with van der Waals surface area (Å²) < 4.78 is 139. The molecule has 0 atom stereocenters. The quantitative estimate of drug-likeness (QED) is 0.187. The molecule has 0 N–H and O–H groups in total. The van der Waals surface area contributed by atoms with Crippen molar-refractivity contribution in [2.45, 2.75) is 0 Å². The molecular formula is C44H28O. The van der Waals surface area contributed by atoms with E-state index in [0.29, 0.717) is 38.2 Å². The van der Waals surface area contributed by atoms with E-state index in [0.717, 1.165) is 0 Å². The molecule has 0 aliphatic rings. The topological polar surface area (TPSA) is 13.1 Å². The van der Waals surface area contributed by atoms with Gasteiger partial charge in [-0.1, -0.05) is 151 Å². The summed E-state index contributed by atoms with van der Waals surface area (Å²) in [5.74, 6) is 0. The molecule has 0 fully saturated rings. The summed E-state index contributed by atoms with van der Waals surface area (Å²) in [5, 5.41) is 1.86. The molecule has 0 radical (unpaired) electrons. The summed E-state index contributed by atoms with van der Waals surface area (Å²) in [5.41, 5.74) is 0.445. The number of furan rings is 1.